The summed E-state index contributed by atoms with van der Waals surface area (Å²) in [6.45, 7) is 0. The highest BCUT2D eigenvalue weighted by Crippen LogP contribution is 2.23. The van der Waals surface area contributed by atoms with Gasteiger partial charge >= 0.3 is 0 Å². The fourth-order valence-electron chi connectivity index (χ4n) is 2.40. The molecule has 8 heteroatoms. The molecule has 2 amide bonds. The summed E-state index contributed by atoms with van der Waals surface area (Å²) in [5, 5.41) is 6.06. The van der Waals surface area contributed by atoms with Gasteiger partial charge in [-0.3, -0.25) is 9.59 Å². The van der Waals surface area contributed by atoms with E-state index in [9.17, 15) is 9.59 Å². The molecule has 3 aromatic rings. The van der Waals surface area contributed by atoms with E-state index in [4.69, 9.17) is 32.4 Å². The molecule has 0 saturated carbocycles. The topological polar surface area (TPSA) is 80.6 Å². The zero-order valence-electron chi connectivity index (χ0n) is 15.2. The highest BCUT2D eigenvalue weighted by molar-refractivity contribution is 6.35. The third kappa shape index (κ3) is 5.40. The molecule has 0 aliphatic rings. The second-order valence-corrected chi connectivity index (χ2v) is 6.68. The maximum Gasteiger partial charge on any atom is 0.291 e. The SMILES string of the molecule is COc1ccc(NC(=O)C(=Cc2ccc(Cl)cc2Cl)NC(=O)c2ccco2)cc1. The van der Waals surface area contributed by atoms with Crippen molar-refractivity contribution in [2.75, 3.05) is 12.4 Å². The minimum absolute atomic E-state index is 0.0218. The maximum atomic E-state index is 12.8. The van der Waals surface area contributed by atoms with E-state index in [0.717, 1.165) is 0 Å². The summed E-state index contributed by atoms with van der Waals surface area (Å²) >= 11 is 12.1. The van der Waals surface area contributed by atoms with Gasteiger partial charge in [0, 0.05) is 15.7 Å². The first-order valence-electron chi connectivity index (χ1n) is 8.43. The lowest BCUT2D eigenvalue weighted by atomic mass is 10.1. The predicted octanol–water partition coefficient (Wildman–Crippen LogP) is 5.00. The van der Waals surface area contributed by atoms with Crippen LogP contribution in [0, 0.1) is 0 Å². The van der Waals surface area contributed by atoms with Gasteiger partial charge in [0.25, 0.3) is 11.8 Å². The molecule has 6 nitrogen and oxygen atoms in total. The average molecular weight is 431 g/mol. The summed E-state index contributed by atoms with van der Waals surface area (Å²) in [7, 11) is 1.55. The Balaban J connectivity index is 1.89. The molecule has 2 N–H and O–H groups in total. The lowest BCUT2D eigenvalue weighted by molar-refractivity contribution is -0.113. The minimum Gasteiger partial charge on any atom is -0.497 e. The van der Waals surface area contributed by atoms with E-state index in [2.05, 4.69) is 10.6 Å². The van der Waals surface area contributed by atoms with E-state index >= 15 is 0 Å². The lowest BCUT2D eigenvalue weighted by Crippen LogP contribution is -2.30. The first-order chi connectivity index (χ1) is 14.0. The molecule has 0 spiro atoms. The number of furan rings is 1. The Morgan fingerprint density at radius 3 is 2.45 bits per heavy atom. The Morgan fingerprint density at radius 1 is 1.07 bits per heavy atom. The molecule has 2 aromatic carbocycles. The highest BCUT2D eigenvalue weighted by Gasteiger charge is 2.17. The van der Waals surface area contributed by atoms with Crippen LogP contribution in [0.4, 0.5) is 5.69 Å². The highest BCUT2D eigenvalue weighted by atomic mass is 35.5. The van der Waals surface area contributed by atoms with E-state index < -0.39 is 11.8 Å². The third-order valence-corrected chi connectivity index (χ3v) is 4.41. The van der Waals surface area contributed by atoms with Crippen molar-refractivity contribution in [2.45, 2.75) is 0 Å². The van der Waals surface area contributed by atoms with Gasteiger partial charge in [0.1, 0.15) is 11.4 Å². The van der Waals surface area contributed by atoms with Crippen molar-refractivity contribution in [3.63, 3.8) is 0 Å². The Kier molecular flexibility index (Phi) is 6.59. The molecule has 0 fully saturated rings. The largest absolute Gasteiger partial charge is 0.497 e. The number of ether oxygens (including phenoxy) is 1. The van der Waals surface area contributed by atoms with Crippen molar-refractivity contribution in [1.82, 2.24) is 5.32 Å². The van der Waals surface area contributed by atoms with E-state index in [1.807, 2.05) is 0 Å². The number of halogens is 2. The molecule has 0 aliphatic carbocycles. The van der Waals surface area contributed by atoms with Crippen molar-refractivity contribution in [2.24, 2.45) is 0 Å². The molecule has 3 rings (SSSR count). The number of rotatable bonds is 6. The van der Waals surface area contributed by atoms with Gasteiger partial charge < -0.3 is 19.8 Å². The Hall–Kier alpha value is -3.22. The van der Waals surface area contributed by atoms with E-state index in [1.165, 1.54) is 18.4 Å². The average Bonchev–Trinajstić information content (AvgIpc) is 3.25. The first kappa shape index (κ1) is 20.5. The smallest absolute Gasteiger partial charge is 0.291 e. The molecule has 0 saturated heterocycles. The second kappa shape index (κ2) is 9.32. The molecule has 1 heterocycles. The lowest BCUT2D eigenvalue weighted by Gasteiger charge is -2.11. The van der Waals surface area contributed by atoms with Gasteiger partial charge in [0.15, 0.2) is 5.76 Å². The number of benzene rings is 2. The molecule has 0 aliphatic heterocycles. The molecular weight excluding hydrogens is 415 g/mol. The number of hydrogen-bond acceptors (Lipinski definition) is 4. The van der Waals surface area contributed by atoms with Gasteiger partial charge in [-0.25, -0.2) is 0 Å². The summed E-state index contributed by atoms with van der Waals surface area (Å²) in [5.41, 5.74) is 1.01. The number of carbonyl (C=O) groups excluding carboxylic acids is 2. The van der Waals surface area contributed by atoms with Gasteiger partial charge in [0.05, 0.1) is 13.4 Å². The monoisotopic (exact) mass is 430 g/mol. The van der Waals surface area contributed by atoms with Crippen LogP contribution in [0.1, 0.15) is 16.1 Å². The van der Waals surface area contributed by atoms with Crippen LogP contribution in [0.5, 0.6) is 5.75 Å². The van der Waals surface area contributed by atoms with Crippen molar-refractivity contribution >= 4 is 46.8 Å². The Morgan fingerprint density at radius 2 is 1.83 bits per heavy atom. The van der Waals surface area contributed by atoms with E-state index in [1.54, 1.807) is 55.6 Å². The van der Waals surface area contributed by atoms with Crippen molar-refractivity contribution < 1.29 is 18.7 Å². The normalized spacial score (nSPS) is 11.1. The van der Waals surface area contributed by atoms with Gasteiger partial charge in [-0.05, 0) is 60.2 Å². The van der Waals surface area contributed by atoms with E-state index in [-0.39, 0.29) is 11.5 Å². The Labute approximate surface area is 177 Å². The fraction of sp³-hybridized carbons (Fsp3) is 0.0476. The molecule has 29 heavy (non-hydrogen) atoms. The van der Waals surface area contributed by atoms with Gasteiger partial charge in [-0.1, -0.05) is 29.3 Å². The molecule has 148 valence electrons. The first-order valence-corrected chi connectivity index (χ1v) is 9.19. The van der Waals surface area contributed by atoms with Crippen LogP contribution < -0.4 is 15.4 Å². The fourth-order valence-corrected chi connectivity index (χ4v) is 2.86. The third-order valence-electron chi connectivity index (χ3n) is 3.85. The van der Waals surface area contributed by atoms with Gasteiger partial charge in [-0.2, -0.15) is 0 Å². The van der Waals surface area contributed by atoms with Gasteiger partial charge in [-0.15, -0.1) is 0 Å². The molecular formula is C21H16Cl2N2O4. The van der Waals surface area contributed by atoms with Crippen molar-refractivity contribution in [3.8, 4) is 5.75 Å². The Bertz CT molecular complexity index is 1050. The number of nitrogens with one attached hydrogen (secondary N) is 2. The number of carbonyl (C=O) groups is 2. The van der Waals surface area contributed by atoms with Crippen LogP contribution in [0.2, 0.25) is 10.0 Å². The van der Waals surface area contributed by atoms with Crippen LogP contribution in [0.15, 0.2) is 71.0 Å². The van der Waals surface area contributed by atoms with Crippen LogP contribution in [0.3, 0.4) is 0 Å². The van der Waals surface area contributed by atoms with Crippen molar-refractivity contribution in [3.05, 3.63) is 87.9 Å². The second-order valence-electron chi connectivity index (χ2n) is 5.84. The molecule has 0 unspecified atom stereocenters. The van der Waals surface area contributed by atoms with Crippen LogP contribution >= 0.6 is 23.2 Å². The zero-order chi connectivity index (χ0) is 20.8. The number of anilines is 1. The van der Waals surface area contributed by atoms with Crippen molar-refractivity contribution in [1.29, 1.82) is 0 Å². The maximum absolute atomic E-state index is 12.8. The van der Waals surface area contributed by atoms with E-state index in [0.29, 0.717) is 27.0 Å². The standard InChI is InChI=1S/C21H16Cl2N2O4/c1-28-16-8-6-15(7-9-16)24-20(26)18(25-21(27)19-3-2-10-29-19)11-13-4-5-14(22)12-17(13)23/h2-12H,1H3,(H,24,26)(H,25,27). The number of amides is 2. The molecule has 1 aromatic heterocycles. The summed E-state index contributed by atoms with van der Waals surface area (Å²) in [6, 6.07) is 14.7. The van der Waals surface area contributed by atoms with Gasteiger partial charge in [0.2, 0.25) is 0 Å². The molecule has 0 radical (unpaired) electrons. The molecule has 0 atom stereocenters. The number of methoxy groups -OCH3 is 1. The van der Waals surface area contributed by atoms with Crippen LogP contribution in [-0.2, 0) is 4.79 Å². The zero-order valence-corrected chi connectivity index (χ0v) is 16.8. The quantitative estimate of drug-likeness (QED) is 0.538. The predicted molar refractivity (Wildman–Crippen MR) is 112 cm³/mol. The van der Waals surface area contributed by atoms with Crippen LogP contribution in [-0.4, -0.2) is 18.9 Å². The molecule has 0 bridgehead atoms. The number of hydrogen-bond donors (Lipinski definition) is 2. The summed E-state index contributed by atoms with van der Waals surface area (Å²) in [6.07, 6.45) is 2.82. The summed E-state index contributed by atoms with van der Waals surface area (Å²) in [5.74, 6) is -0.398. The minimum atomic E-state index is -0.573. The summed E-state index contributed by atoms with van der Waals surface area (Å²) in [4.78, 5) is 25.2. The summed E-state index contributed by atoms with van der Waals surface area (Å²) < 4.78 is 10.2. The van der Waals surface area contributed by atoms with Crippen LogP contribution in [0.25, 0.3) is 6.08 Å².